The third kappa shape index (κ3) is 12.1. The first-order chi connectivity index (χ1) is 22.1. The largest absolute Gasteiger partial charge is 0.491 e. The molecule has 0 aromatic heterocycles. The van der Waals surface area contributed by atoms with Crippen molar-refractivity contribution >= 4 is 18.9 Å². The molecule has 0 saturated heterocycles. The number of rotatable bonds is 3. The molecule has 1 aliphatic rings. The van der Waals surface area contributed by atoms with Crippen molar-refractivity contribution in [2.45, 2.75) is 0 Å². The van der Waals surface area contributed by atoms with Crippen molar-refractivity contribution in [2.75, 3.05) is 79.3 Å². The van der Waals surface area contributed by atoms with Crippen molar-refractivity contribution in [3.63, 3.8) is 0 Å². The van der Waals surface area contributed by atoms with Crippen LogP contribution in [-0.2, 0) is 14.2 Å². The standard InChI is InChI=1S/C33H36O12/c34-22-25-13-28-19-29(14-25)42-9-3-38-5-11-44-32-17-27(24-36)18-33(21-32)45-12-6-39-4-10-43-31-16-26(23-35)15-30(20-31)41-8-2-37-1-7-40-28/h13-24H,1-12H2. The molecule has 1 aliphatic heterocycles. The van der Waals surface area contributed by atoms with Gasteiger partial charge in [0.1, 0.15) is 93.0 Å². The molecule has 4 rings (SSSR count). The summed E-state index contributed by atoms with van der Waals surface area (Å²) in [6.45, 7) is 3.19. The monoisotopic (exact) mass is 624 g/mol. The molecular formula is C33H36O12. The van der Waals surface area contributed by atoms with Crippen LogP contribution in [0.5, 0.6) is 34.5 Å². The van der Waals surface area contributed by atoms with E-state index in [1.54, 1.807) is 54.6 Å². The highest BCUT2D eigenvalue weighted by Crippen LogP contribution is 2.24. The first-order valence-electron chi connectivity index (χ1n) is 14.5. The van der Waals surface area contributed by atoms with Gasteiger partial charge in [-0.15, -0.1) is 0 Å². The number of fused-ring (bicyclic) bond motifs is 6. The molecule has 0 radical (unpaired) electrons. The highest BCUT2D eigenvalue weighted by Gasteiger charge is 2.07. The van der Waals surface area contributed by atoms with Crippen molar-refractivity contribution in [3.05, 3.63) is 71.3 Å². The second kappa shape index (κ2) is 18.9. The molecule has 0 spiro atoms. The van der Waals surface area contributed by atoms with Gasteiger partial charge in [-0.1, -0.05) is 0 Å². The molecular weight excluding hydrogens is 588 g/mol. The van der Waals surface area contributed by atoms with Crippen molar-refractivity contribution in [2.24, 2.45) is 0 Å². The van der Waals surface area contributed by atoms with Crippen LogP contribution in [0.1, 0.15) is 31.1 Å². The van der Waals surface area contributed by atoms with E-state index in [-0.39, 0.29) is 79.3 Å². The Balaban J connectivity index is 1.36. The lowest BCUT2D eigenvalue weighted by Crippen LogP contribution is -2.14. The van der Waals surface area contributed by atoms with Gasteiger partial charge in [0, 0.05) is 34.9 Å². The van der Waals surface area contributed by atoms with E-state index in [1.165, 1.54) is 0 Å². The van der Waals surface area contributed by atoms with Gasteiger partial charge >= 0.3 is 0 Å². The summed E-state index contributed by atoms with van der Waals surface area (Å²) in [5.41, 5.74) is 1.23. The smallest absolute Gasteiger partial charge is 0.150 e. The fraction of sp³-hybridized carbons (Fsp3) is 0.364. The number of carbonyl (C=O) groups excluding carboxylic acids is 3. The molecule has 6 bridgehead atoms. The molecule has 0 atom stereocenters. The fourth-order valence-electron chi connectivity index (χ4n) is 4.10. The average molecular weight is 625 g/mol. The van der Waals surface area contributed by atoms with E-state index in [2.05, 4.69) is 0 Å². The van der Waals surface area contributed by atoms with Crippen molar-refractivity contribution in [3.8, 4) is 34.5 Å². The minimum Gasteiger partial charge on any atom is -0.491 e. The van der Waals surface area contributed by atoms with Gasteiger partial charge in [0.05, 0.1) is 39.6 Å². The highest BCUT2D eigenvalue weighted by molar-refractivity contribution is 5.77. The Hall–Kier alpha value is -4.65. The van der Waals surface area contributed by atoms with Gasteiger partial charge < -0.3 is 42.6 Å². The maximum atomic E-state index is 11.4. The second-order valence-corrected chi connectivity index (χ2v) is 9.49. The summed E-state index contributed by atoms with van der Waals surface area (Å²) in [7, 11) is 0. The molecule has 0 N–H and O–H groups in total. The molecule has 0 fully saturated rings. The van der Waals surface area contributed by atoms with E-state index in [4.69, 9.17) is 42.6 Å². The Kier molecular flexibility index (Phi) is 14.0. The van der Waals surface area contributed by atoms with Gasteiger partial charge in [-0.25, -0.2) is 0 Å². The van der Waals surface area contributed by atoms with Gasteiger partial charge in [-0.2, -0.15) is 0 Å². The molecule has 240 valence electrons. The number of hydrogen-bond donors (Lipinski definition) is 0. The first kappa shape index (κ1) is 33.2. The number of carbonyl (C=O) groups is 3. The molecule has 0 aliphatic carbocycles. The van der Waals surface area contributed by atoms with Crippen LogP contribution in [0.4, 0.5) is 0 Å². The van der Waals surface area contributed by atoms with Gasteiger partial charge in [-0.3, -0.25) is 14.4 Å². The van der Waals surface area contributed by atoms with Crippen LogP contribution >= 0.6 is 0 Å². The third-order valence-electron chi connectivity index (χ3n) is 6.09. The first-order valence-corrected chi connectivity index (χ1v) is 14.5. The lowest BCUT2D eigenvalue weighted by Gasteiger charge is -2.13. The Morgan fingerprint density at radius 2 is 0.511 bits per heavy atom. The molecule has 3 aromatic carbocycles. The van der Waals surface area contributed by atoms with Gasteiger partial charge in [-0.05, 0) is 36.4 Å². The Morgan fingerprint density at radius 1 is 0.311 bits per heavy atom. The summed E-state index contributed by atoms with van der Waals surface area (Å²) >= 11 is 0. The Bertz CT molecular complexity index is 1130. The van der Waals surface area contributed by atoms with Gasteiger partial charge in [0.2, 0.25) is 0 Å². The van der Waals surface area contributed by atoms with Crippen LogP contribution in [0, 0.1) is 0 Å². The van der Waals surface area contributed by atoms with E-state index < -0.39 is 0 Å². The maximum Gasteiger partial charge on any atom is 0.150 e. The lowest BCUT2D eigenvalue weighted by atomic mass is 10.2. The summed E-state index contributed by atoms with van der Waals surface area (Å²) in [6, 6.07) is 14.7. The predicted molar refractivity (Wildman–Crippen MR) is 161 cm³/mol. The maximum absolute atomic E-state index is 11.4. The molecule has 0 saturated carbocycles. The average Bonchev–Trinajstić information content (AvgIpc) is 3.06. The minimum atomic E-state index is 0.245. The zero-order chi connectivity index (χ0) is 31.5. The number of aldehydes is 3. The fourth-order valence-corrected chi connectivity index (χ4v) is 4.10. The van der Waals surface area contributed by atoms with Gasteiger partial charge in [0.25, 0.3) is 0 Å². The molecule has 1 heterocycles. The van der Waals surface area contributed by atoms with Crippen LogP contribution < -0.4 is 28.4 Å². The zero-order valence-corrected chi connectivity index (χ0v) is 24.8. The van der Waals surface area contributed by atoms with Crippen LogP contribution in [0.25, 0.3) is 0 Å². The normalized spacial score (nSPS) is 16.0. The molecule has 12 nitrogen and oxygen atoms in total. The molecule has 0 amide bonds. The van der Waals surface area contributed by atoms with Crippen molar-refractivity contribution < 1.29 is 57.0 Å². The van der Waals surface area contributed by atoms with E-state index in [9.17, 15) is 14.4 Å². The summed E-state index contributed by atoms with van der Waals surface area (Å²) in [5, 5.41) is 0. The molecule has 45 heavy (non-hydrogen) atoms. The minimum absolute atomic E-state index is 0.245. The summed E-state index contributed by atoms with van der Waals surface area (Å²) < 4.78 is 51.2. The van der Waals surface area contributed by atoms with E-state index in [1.807, 2.05) is 0 Å². The number of benzene rings is 3. The van der Waals surface area contributed by atoms with E-state index in [0.29, 0.717) is 70.0 Å². The summed E-state index contributed by atoms with van der Waals surface area (Å²) in [5.74, 6) is 2.79. The molecule has 12 heteroatoms. The van der Waals surface area contributed by atoms with Crippen LogP contribution in [0.2, 0.25) is 0 Å². The predicted octanol–water partition coefficient (Wildman–Crippen LogP) is 3.86. The highest BCUT2D eigenvalue weighted by atomic mass is 16.6. The second-order valence-electron chi connectivity index (χ2n) is 9.49. The Morgan fingerprint density at radius 3 is 0.689 bits per heavy atom. The SMILES string of the molecule is O=Cc1cc2cc(c1)OCCOCCOc1cc(C=O)cc(c1)OCCOCCOc1cc(C=O)cc(c1)OCCOCCO2. The number of ether oxygens (including phenoxy) is 9. The molecule has 3 aromatic rings. The van der Waals surface area contributed by atoms with Crippen LogP contribution in [0.3, 0.4) is 0 Å². The van der Waals surface area contributed by atoms with Crippen molar-refractivity contribution in [1.82, 2.24) is 0 Å². The number of hydrogen-bond acceptors (Lipinski definition) is 12. The van der Waals surface area contributed by atoms with Gasteiger partial charge in [0.15, 0.2) is 0 Å². The van der Waals surface area contributed by atoms with Crippen LogP contribution in [0.15, 0.2) is 54.6 Å². The van der Waals surface area contributed by atoms with Crippen molar-refractivity contribution in [1.29, 1.82) is 0 Å². The zero-order valence-electron chi connectivity index (χ0n) is 24.8. The molecule has 0 unspecified atom stereocenters. The summed E-state index contributed by atoms with van der Waals surface area (Å²) in [4.78, 5) is 34.2. The summed E-state index contributed by atoms with van der Waals surface area (Å²) in [6.07, 6.45) is 2.15. The quantitative estimate of drug-likeness (QED) is 0.392. The van der Waals surface area contributed by atoms with Crippen LogP contribution in [-0.4, -0.2) is 98.1 Å². The third-order valence-corrected chi connectivity index (χ3v) is 6.09. The lowest BCUT2D eigenvalue weighted by molar-refractivity contribution is 0.0729. The topological polar surface area (TPSA) is 134 Å². The Labute approximate surface area is 261 Å². The van der Waals surface area contributed by atoms with E-state index in [0.717, 1.165) is 0 Å². The van der Waals surface area contributed by atoms with E-state index >= 15 is 0 Å².